The number of piperidine rings is 1. The zero-order valence-corrected chi connectivity index (χ0v) is 16.2. The molecule has 0 unspecified atom stereocenters. The molecule has 1 aliphatic rings. The van der Waals surface area contributed by atoms with E-state index in [1.807, 2.05) is 22.9 Å². The fraction of sp³-hybridized carbons (Fsp3) is 0.318. The molecule has 156 valence electrons. The minimum atomic E-state index is -4.40. The quantitative estimate of drug-likeness (QED) is 0.582. The Morgan fingerprint density at radius 1 is 1.07 bits per heavy atom. The second kappa shape index (κ2) is 8.39. The summed E-state index contributed by atoms with van der Waals surface area (Å²) in [5.41, 5.74) is 0.605. The van der Waals surface area contributed by atoms with Crippen molar-refractivity contribution >= 4 is 5.78 Å². The molecule has 0 amide bonds. The first-order chi connectivity index (χ1) is 14.4. The molecule has 30 heavy (non-hydrogen) atoms. The number of aromatic nitrogens is 3. The van der Waals surface area contributed by atoms with Gasteiger partial charge in [0, 0.05) is 48.9 Å². The Balaban J connectivity index is 1.44. The van der Waals surface area contributed by atoms with Crippen molar-refractivity contribution in [3.63, 3.8) is 0 Å². The molecule has 4 rings (SSSR count). The van der Waals surface area contributed by atoms with Gasteiger partial charge in [-0.3, -0.25) is 14.3 Å². The normalized spacial score (nSPS) is 17.8. The molecule has 3 heterocycles. The fourth-order valence-electron chi connectivity index (χ4n) is 3.86. The summed E-state index contributed by atoms with van der Waals surface area (Å²) >= 11 is 0. The van der Waals surface area contributed by atoms with Gasteiger partial charge in [0.2, 0.25) is 5.95 Å². The smallest absolute Gasteiger partial charge is 0.297 e. The number of nitrogens with zero attached hydrogens (tertiary/aromatic N) is 4. The highest BCUT2D eigenvalue weighted by Gasteiger charge is 2.31. The molecule has 0 N–H and O–H groups in total. The molecular weight excluding hydrogens is 393 g/mol. The highest BCUT2D eigenvalue weighted by Crippen LogP contribution is 2.30. The summed E-state index contributed by atoms with van der Waals surface area (Å²) in [4.78, 5) is 23.6. The van der Waals surface area contributed by atoms with E-state index in [1.54, 1.807) is 18.5 Å². The molecule has 1 aliphatic heterocycles. The van der Waals surface area contributed by atoms with E-state index >= 15 is 0 Å². The molecule has 8 heteroatoms. The highest BCUT2D eigenvalue weighted by molar-refractivity contribution is 5.98. The number of likely N-dealkylation sites (tertiary alicyclic amines) is 1. The lowest BCUT2D eigenvalue weighted by molar-refractivity contribution is -0.137. The van der Waals surface area contributed by atoms with Crippen LogP contribution in [0, 0.1) is 5.92 Å². The topological polar surface area (TPSA) is 51.0 Å². The van der Waals surface area contributed by atoms with Crippen LogP contribution in [-0.2, 0) is 12.7 Å². The van der Waals surface area contributed by atoms with Crippen LogP contribution in [0.4, 0.5) is 13.2 Å². The number of ketones is 1. The molecule has 5 nitrogen and oxygen atoms in total. The summed E-state index contributed by atoms with van der Waals surface area (Å²) in [6.45, 7) is 2.07. The predicted molar refractivity (Wildman–Crippen MR) is 105 cm³/mol. The molecule has 0 saturated carbocycles. The maximum absolute atomic E-state index is 12.9. The standard InChI is InChI=1S/C22H21F3N4O/c23-22(24,25)18-8-6-16(7-9-18)20(30)17-4-1-12-28(14-17)15-19-5-2-13-29(19)21-26-10-3-11-27-21/h2-3,5-11,13,17H,1,4,12,14-15H2/t17-/m1/s1. The summed E-state index contributed by atoms with van der Waals surface area (Å²) in [6, 6.07) is 10.2. The van der Waals surface area contributed by atoms with Gasteiger partial charge in [-0.05, 0) is 49.7 Å². The minimum Gasteiger partial charge on any atom is -0.297 e. The van der Waals surface area contributed by atoms with E-state index in [1.165, 1.54) is 12.1 Å². The lowest BCUT2D eigenvalue weighted by atomic mass is 9.89. The third kappa shape index (κ3) is 4.43. The fourth-order valence-corrected chi connectivity index (χ4v) is 3.86. The predicted octanol–water partition coefficient (Wildman–Crippen LogP) is 4.38. The summed E-state index contributed by atoms with van der Waals surface area (Å²) < 4.78 is 40.2. The maximum Gasteiger partial charge on any atom is 0.416 e. The monoisotopic (exact) mass is 414 g/mol. The average molecular weight is 414 g/mol. The summed E-state index contributed by atoms with van der Waals surface area (Å²) in [5.74, 6) is 0.258. The average Bonchev–Trinajstić information content (AvgIpc) is 3.21. The van der Waals surface area contributed by atoms with Crippen molar-refractivity contribution in [1.29, 1.82) is 0 Å². The molecule has 1 atom stereocenters. The molecule has 0 bridgehead atoms. The summed E-state index contributed by atoms with van der Waals surface area (Å²) in [5, 5.41) is 0. The van der Waals surface area contributed by atoms with Crippen molar-refractivity contribution in [2.75, 3.05) is 13.1 Å². The van der Waals surface area contributed by atoms with Crippen LogP contribution >= 0.6 is 0 Å². The number of carbonyl (C=O) groups excluding carboxylic acids is 1. The maximum atomic E-state index is 12.9. The van der Waals surface area contributed by atoms with Crippen molar-refractivity contribution in [3.05, 3.63) is 77.9 Å². The molecular formula is C22H21F3N4O. The molecule has 3 aromatic rings. The second-order valence-corrected chi connectivity index (χ2v) is 7.43. The SMILES string of the molecule is O=C(c1ccc(C(F)(F)F)cc1)[C@@H]1CCCN(Cc2cccn2-c2ncccn2)C1. The Hall–Kier alpha value is -3.00. The van der Waals surface area contributed by atoms with Crippen molar-refractivity contribution in [2.24, 2.45) is 5.92 Å². The van der Waals surface area contributed by atoms with Crippen LogP contribution in [0.5, 0.6) is 0 Å². The first-order valence-corrected chi connectivity index (χ1v) is 9.79. The molecule has 0 radical (unpaired) electrons. The molecule has 1 aromatic carbocycles. The Bertz CT molecular complexity index is 999. The Morgan fingerprint density at radius 3 is 2.50 bits per heavy atom. The Kier molecular flexibility index (Phi) is 5.67. The summed E-state index contributed by atoms with van der Waals surface area (Å²) in [7, 11) is 0. The Morgan fingerprint density at radius 2 is 1.80 bits per heavy atom. The van der Waals surface area contributed by atoms with Crippen molar-refractivity contribution < 1.29 is 18.0 Å². The van der Waals surface area contributed by atoms with Crippen LogP contribution < -0.4 is 0 Å². The lowest BCUT2D eigenvalue weighted by Gasteiger charge is -2.32. The van der Waals surface area contributed by atoms with Crippen LogP contribution in [-0.4, -0.2) is 38.3 Å². The van der Waals surface area contributed by atoms with Gasteiger partial charge in [-0.2, -0.15) is 13.2 Å². The van der Waals surface area contributed by atoms with E-state index < -0.39 is 11.7 Å². The van der Waals surface area contributed by atoms with Crippen molar-refractivity contribution in [3.8, 4) is 5.95 Å². The van der Waals surface area contributed by atoms with Gasteiger partial charge in [0.05, 0.1) is 5.56 Å². The van der Waals surface area contributed by atoms with Crippen molar-refractivity contribution in [2.45, 2.75) is 25.6 Å². The largest absolute Gasteiger partial charge is 0.416 e. The first-order valence-electron chi connectivity index (χ1n) is 9.79. The van der Waals surface area contributed by atoms with Crippen LogP contribution in [0.2, 0.25) is 0 Å². The van der Waals surface area contributed by atoms with Crippen LogP contribution in [0.25, 0.3) is 5.95 Å². The van der Waals surface area contributed by atoms with Gasteiger partial charge >= 0.3 is 6.18 Å². The molecule has 1 saturated heterocycles. The lowest BCUT2D eigenvalue weighted by Crippen LogP contribution is -2.38. The highest BCUT2D eigenvalue weighted by atomic mass is 19.4. The Labute approximate surface area is 172 Å². The van der Waals surface area contributed by atoms with E-state index in [4.69, 9.17) is 0 Å². The van der Waals surface area contributed by atoms with Gasteiger partial charge in [0.15, 0.2) is 5.78 Å². The number of Topliss-reactive ketones (excluding diaryl/α,β-unsaturated/α-hetero) is 1. The summed E-state index contributed by atoms with van der Waals surface area (Å²) in [6.07, 6.45) is 2.47. The van der Waals surface area contributed by atoms with Crippen LogP contribution in [0.15, 0.2) is 61.1 Å². The zero-order valence-electron chi connectivity index (χ0n) is 16.2. The third-order valence-electron chi connectivity index (χ3n) is 5.36. The van der Waals surface area contributed by atoms with E-state index in [0.717, 1.165) is 37.2 Å². The number of rotatable bonds is 5. The first kappa shape index (κ1) is 20.3. The molecule has 1 fully saturated rings. The third-order valence-corrected chi connectivity index (χ3v) is 5.36. The van der Waals surface area contributed by atoms with Crippen LogP contribution in [0.3, 0.4) is 0 Å². The number of halogens is 3. The van der Waals surface area contributed by atoms with Gasteiger partial charge in [-0.25, -0.2) is 9.97 Å². The molecule has 0 aliphatic carbocycles. The van der Waals surface area contributed by atoms with Gasteiger partial charge < -0.3 is 0 Å². The minimum absolute atomic E-state index is 0.102. The number of carbonyl (C=O) groups is 1. The van der Waals surface area contributed by atoms with E-state index in [-0.39, 0.29) is 11.7 Å². The van der Waals surface area contributed by atoms with Gasteiger partial charge in [0.25, 0.3) is 0 Å². The number of hydrogen-bond acceptors (Lipinski definition) is 4. The van der Waals surface area contributed by atoms with E-state index in [0.29, 0.717) is 24.6 Å². The van der Waals surface area contributed by atoms with Gasteiger partial charge in [-0.1, -0.05) is 12.1 Å². The molecule has 2 aromatic heterocycles. The second-order valence-electron chi connectivity index (χ2n) is 7.43. The number of hydrogen-bond donors (Lipinski definition) is 0. The number of alkyl halides is 3. The van der Waals surface area contributed by atoms with Crippen LogP contribution in [0.1, 0.15) is 34.5 Å². The van der Waals surface area contributed by atoms with Crippen molar-refractivity contribution in [1.82, 2.24) is 19.4 Å². The van der Waals surface area contributed by atoms with Gasteiger partial charge in [-0.15, -0.1) is 0 Å². The van der Waals surface area contributed by atoms with E-state index in [2.05, 4.69) is 14.9 Å². The van der Waals surface area contributed by atoms with Gasteiger partial charge in [0.1, 0.15) is 0 Å². The zero-order chi connectivity index (χ0) is 21.1. The number of benzene rings is 1. The van der Waals surface area contributed by atoms with E-state index in [9.17, 15) is 18.0 Å². The molecule has 0 spiro atoms.